The number of aromatic nitrogens is 4. The van der Waals surface area contributed by atoms with Gasteiger partial charge in [0.15, 0.2) is 0 Å². The molecule has 0 aliphatic heterocycles. The van der Waals surface area contributed by atoms with Crippen molar-refractivity contribution in [1.82, 2.24) is 20.0 Å². The van der Waals surface area contributed by atoms with Gasteiger partial charge in [-0.25, -0.2) is 9.07 Å². The lowest BCUT2D eigenvalue weighted by molar-refractivity contribution is 0.298. The van der Waals surface area contributed by atoms with Gasteiger partial charge in [-0.2, -0.15) is 0 Å². The summed E-state index contributed by atoms with van der Waals surface area (Å²) in [4.78, 5) is 4.29. The Hall–Kier alpha value is -2.34. The van der Waals surface area contributed by atoms with Gasteiger partial charge in [-0.15, -0.1) is 5.10 Å². The van der Waals surface area contributed by atoms with Gasteiger partial charge < -0.3 is 5.11 Å². The van der Waals surface area contributed by atoms with E-state index in [1.165, 1.54) is 12.1 Å². The largest absolute Gasteiger partial charge is 0.396 e. The molecular weight excluding hydrogens is 259 g/mol. The monoisotopic (exact) mass is 272 g/mol. The van der Waals surface area contributed by atoms with Gasteiger partial charge in [-0.1, -0.05) is 11.3 Å². The number of fused-ring (bicyclic) bond motifs is 1. The van der Waals surface area contributed by atoms with Crippen molar-refractivity contribution in [2.45, 2.75) is 13.0 Å². The van der Waals surface area contributed by atoms with Crippen LogP contribution in [0.25, 0.3) is 10.9 Å². The van der Waals surface area contributed by atoms with Crippen molar-refractivity contribution in [3.05, 3.63) is 53.7 Å². The first kappa shape index (κ1) is 12.7. The van der Waals surface area contributed by atoms with Crippen molar-refractivity contribution in [3.8, 4) is 0 Å². The molecule has 0 unspecified atom stereocenters. The van der Waals surface area contributed by atoms with Gasteiger partial charge in [0.2, 0.25) is 0 Å². The van der Waals surface area contributed by atoms with Crippen molar-refractivity contribution in [2.75, 3.05) is 6.61 Å². The highest BCUT2D eigenvalue weighted by molar-refractivity contribution is 5.81. The van der Waals surface area contributed by atoms with E-state index >= 15 is 0 Å². The first-order valence-electron chi connectivity index (χ1n) is 6.29. The number of benzene rings is 1. The van der Waals surface area contributed by atoms with Crippen molar-refractivity contribution in [3.63, 3.8) is 0 Å². The summed E-state index contributed by atoms with van der Waals surface area (Å²) in [7, 11) is 0. The average Bonchev–Trinajstić information content (AvgIpc) is 2.86. The van der Waals surface area contributed by atoms with Crippen molar-refractivity contribution in [1.29, 1.82) is 0 Å². The van der Waals surface area contributed by atoms with Gasteiger partial charge >= 0.3 is 0 Å². The van der Waals surface area contributed by atoms with E-state index in [-0.39, 0.29) is 12.4 Å². The van der Waals surface area contributed by atoms with Crippen LogP contribution in [0.4, 0.5) is 4.39 Å². The summed E-state index contributed by atoms with van der Waals surface area (Å²) >= 11 is 0. The van der Waals surface area contributed by atoms with Crippen LogP contribution in [-0.2, 0) is 13.0 Å². The maximum atomic E-state index is 13.6. The summed E-state index contributed by atoms with van der Waals surface area (Å²) < 4.78 is 15.2. The normalized spacial score (nSPS) is 11.1. The molecule has 2 heterocycles. The maximum Gasteiger partial charge on any atom is 0.124 e. The quantitative estimate of drug-likeness (QED) is 0.782. The second kappa shape index (κ2) is 5.34. The van der Waals surface area contributed by atoms with Crippen LogP contribution in [0.5, 0.6) is 0 Å². The highest BCUT2D eigenvalue weighted by atomic mass is 19.1. The molecule has 0 aliphatic rings. The van der Waals surface area contributed by atoms with E-state index in [1.807, 2.05) is 6.07 Å². The van der Waals surface area contributed by atoms with E-state index in [1.54, 1.807) is 23.1 Å². The SMILES string of the molecule is OCCc1cn(Cc2cc(F)cc3cccnc23)nn1. The Bertz CT molecular complexity index is 741. The number of halogens is 1. The van der Waals surface area contributed by atoms with Crippen LogP contribution in [0.15, 0.2) is 36.7 Å². The minimum absolute atomic E-state index is 0.0309. The van der Waals surface area contributed by atoms with Crippen molar-refractivity contribution in [2.24, 2.45) is 0 Å². The second-order valence-corrected chi connectivity index (χ2v) is 4.52. The number of nitrogens with zero attached hydrogens (tertiary/aromatic N) is 4. The highest BCUT2D eigenvalue weighted by Crippen LogP contribution is 2.19. The number of rotatable bonds is 4. The predicted octanol–water partition coefficient (Wildman–Crippen LogP) is 1.55. The van der Waals surface area contributed by atoms with Crippen LogP contribution in [0, 0.1) is 5.82 Å². The van der Waals surface area contributed by atoms with Crippen LogP contribution >= 0.6 is 0 Å². The van der Waals surface area contributed by atoms with Crippen molar-refractivity contribution >= 4 is 10.9 Å². The minimum atomic E-state index is -0.295. The lowest BCUT2D eigenvalue weighted by Crippen LogP contribution is -2.02. The number of aliphatic hydroxyl groups is 1. The van der Waals surface area contributed by atoms with E-state index in [0.717, 1.165) is 16.5 Å². The summed E-state index contributed by atoms with van der Waals surface area (Å²) in [5.74, 6) is -0.295. The Balaban J connectivity index is 1.97. The van der Waals surface area contributed by atoms with E-state index in [4.69, 9.17) is 5.11 Å². The first-order chi connectivity index (χ1) is 9.76. The van der Waals surface area contributed by atoms with Crippen LogP contribution in [0.2, 0.25) is 0 Å². The van der Waals surface area contributed by atoms with Gasteiger partial charge in [-0.3, -0.25) is 4.98 Å². The van der Waals surface area contributed by atoms with Gasteiger partial charge in [0.05, 0.1) is 17.8 Å². The standard InChI is InChI=1S/C14H13FN4O/c15-12-6-10-2-1-4-16-14(10)11(7-12)8-19-9-13(3-5-20)17-18-19/h1-2,4,6-7,9,20H,3,5,8H2. The van der Waals surface area contributed by atoms with E-state index in [2.05, 4.69) is 15.3 Å². The Kier molecular flexibility index (Phi) is 3.39. The molecule has 5 nitrogen and oxygen atoms in total. The molecule has 0 fully saturated rings. The lowest BCUT2D eigenvalue weighted by atomic mass is 10.1. The molecule has 102 valence electrons. The average molecular weight is 272 g/mol. The molecule has 3 rings (SSSR count). The number of hydrogen-bond donors (Lipinski definition) is 1. The van der Waals surface area contributed by atoms with E-state index in [9.17, 15) is 4.39 Å². The molecule has 2 aromatic heterocycles. The minimum Gasteiger partial charge on any atom is -0.396 e. The third kappa shape index (κ3) is 2.50. The molecule has 3 aromatic rings. The molecule has 0 bridgehead atoms. The fraction of sp³-hybridized carbons (Fsp3) is 0.214. The molecule has 0 atom stereocenters. The zero-order valence-corrected chi connectivity index (χ0v) is 10.7. The van der Waals surface area contributed by atoms with Gasteiger partial charge in [0.25, 0.3) is 0 Å². The molecule has 0 radical (unpaired) electrons. The Morgan fingerprint density at radius 3 is 3.05 bits per heavy atom. The Labute approximate surface area is 114 Å². The van der Waals surface area contributed by atoms with Gasteiger partial charge in [0, 0.05) is 36.4 Å². The molecule has 0 amide bonds. The molecule has 0 spiro atoms. The Morgan fingerprint density at radius 2 is 2.20 bits per heavy atom. The summed E-state index contributed by atoms with van der Waals surface area (Å²) in [5.41, 5.74) is 2.22. The molecule has 20 heavy (non-hydrogen) atoms. The maximum absolute atomic E-state index is 13.6. The van der Waals surface area contributed by atoms with E-state index in [0.29, 0.717) is 18.7 Å². The fourth-order valence-electron chi connectivity index (χ4n) is 2.17. The smallest absolute Gasteiger partial charge is 0.124 e. The molecule has 0 aliphatic carbocycles. The molecule has 0 saturated carbocycles. The predicted molar refractivity (Wildman–Crippen MR) is 71.6 cm³/mol. The molecule has 0 saturated heterocycles. The summed E-state index contributed by atoms with van der Waals surface area (Å²) in [6.07, 6.45) is 3.89. The zero-order chi connectivity index (χ0) is 13.9. The van der Waals surface area contributed by atoms with Gasteiger partial charge in [0.1, 0.15) is 5.82 Å². The first-order valence-corrected chi connectivity index (χ1v) is 6.29. The molecular formula is C14H13FN4O. The number of pyridine rings is 1. The fourth-order valence-corrected chi connectivity index (χ4v) is 2.17. The lowest BCUT2D eigenvalue weighted by Gasteiger charge is -2.06. The third-order valence-electron chi connectivity index (χ3n) is 3.03. The van der Waals surface area contributed by atoms with E-state index < -0.39 is 0 Å². The molecule has 1 N–H and O–H groups in total. The summed E-state index contributed by atoms with van der Waals surface area (Å²) in [5, 5.41) is 17.5. The number of hydrogen-bond acceptors (Lipinski definition) is 4. The third-order valence-corrected chi connectivity index (χ3v) is 3.03. The van der Waals surface area contributed by atoms with Crippen molar-refractivity contribution < 1.29 is 9.50 Å². The topological polar surface area (TPSA) is 63.8 Å². The molecule has 6 heteroatoms. The molecule has 1 aromatic carbocycles. The Morgan fingerprint density at radius 1 is 1.30 bits per heavy atom. The zero-order valence-electron chi connectivity index (χ0n) is 10.7. The summed E-state index contributed by atoms with van der Waals surface area (Å²) in [6.45, 7) is 0.423. The highest BCUT2D eigenvalue weighted by Gasteiger charge is 2.07. The van der Waals surface area contributed by atoms with Crippen LogP contribution in [0.3, 0.4) is 0 Å². The number of aliphatic hydroxyl groups excluding tert-OH is 1. The van der Waals surface area contributed by atoms with Crippen LogP contribution in [-0.4, -0.2) is 31.7 Å². The van der Waals surface area contributed by atoms with Crippen LogP contribution in [0.1, 0.15) is 11.3 Å². The van der Waals surface area contributed by atoms with Crippen LogP contribution < -0.4 is 0 Å². The second-order valence-electron chi connectivity index (χ2n) is 4.52. The van der Waals surface area contributed by atoms with Gasteiger partial charge in [-0.05, 0) is 18.2 Å². The summed E-state index contributed by atoms with van der Waals surface area (Å²) in [6, 6.07) is 6.53.